The van der Waals surface area contributed by atoms with E-state index < -0.39 is 0 Å². The molecule has 1 aromatic carbocycles. The lowest BCUT2D eigenvalue weighted by atomic mass is 9.49. The van der Waals surface area contributed by atoms with Crippen molar-refractivity contribution >= 4 is 11.9 Å². The maximum absolute atomic E-state index is 13.3. The van der Waals surface area contributed by atoms with E-state index in [2.05, 4.69) is 13.8 Å². The van der Waals surface area contributed by atoms with Gasteiger partial charge in [0, 0.05) is 5.41 Å². The quantitative estimate of drug-likeness (QED) is 0.354. The molecule has 0 saturated heterocycles. The van der Waals surface area contributed by atoms with Crippen molar-refractivity contribution in [1.82, 2.24) is 0 Å². The van der Waals surface area contributed by atoms with Crippen molar-refractivity contribution in [2.45, 2.75) is 116 Å². The molecule has 6 saturated carbocycles. The predicted molar refractivity (Wildman–Crippen MR) is 155 cm³/mol. The van der Waals surface area contributed by atoms with Gasteiger partial charge in [0.15, 0.2) is 0 Å². The van der Waals surface area contributed by atoms with Gasteiger partial charge in [0.1, 0.15) is 12.2 Å². The number of fused-ring (bicyclic) bond motifs is 7. The molecule has 4 heteroatoms. The number of rotatable bonds is 5. The first-order valence-corrected chi connectivity index (χ1v) is 16.8. The standard InChI is InChI=1S/C36H50O4/c1-36(2)32(21-33(36)40-34(37)19-22-7-4-3-5-8-22)35(38)39-25-13-16-27-24(20-25)12-15-31-29(27)18-17-28-26-10-6-9-23(26)11-14-30(28)31/h3-5,7-8,23-33H,6,9-21H2,1-2H3/t23?,24?,25?,26?,27?,28?,29?,30?,31?,32-,33-/m1/s1. The van der Waals surface area contributed by atoms with E-state index >= 15 is 0 Å². The summed E-state index contributed by atoms with van der Waals surface area (Å²) in [5, 5.41) is 0. The molecule has 0 aliphatic heterocycles. The first-order chi connectivity index (χ1) is 19.4. The van der Waals surface area contributed by atoms with Gasteiger partial charge in [-0.1, -0.05) is 57.0 Å². The Labute approximate surface area is 241 Å². The Morgan fingerprint density at radius 1 is 0.700 bits per heavy atom. The van der Waals surface area contributed by atoms with Gasteiger partial charge in [0.05, 0.1) is 12.3 Å². The van der Waals surface area contributed by atoms with Crippen LogP contribution >= 0.6 is 0 Å². The van der Waals surface area contributed by atoms with Crippen LogP contribution in [-0.4, -0.2) is 24.1 Å². The molecule has 0 aromatic heterocycles. The van der Waals surface area contributed by atoms with Crippen molar-refractivity contribution in [3.05, 3.63) is 35.9 Å². The van der Waals surface area contributed by atoms with Gasteiger partial charge in [-0.05, 0) is 124 Å². The molecule has 7 rings (SSSR count). The smallest absolute Gasteiger partial charge is 0.310 e. The van der Waals surface area contributed by atoms with E-state index in [0.717, 1.165) is 65.7 Å². The van der Waals surface area contributed by atoms with Crippen LogP contribution in [0.2, 0.25) is 0 Å². The van der Waals surface area contributed by atoms with E-state index in [4.69, 9.17) is 9.47 Å². The molecule has 4 nitrogen and oxygen atoms in total. The highest BCUT2D eigenvalue weighted by Gasteiger charge is 2.56. The third kappa shape index (κ3) is 4.83. The van der Waals surface area contributed by atoms with Crippen LogP contribution in [0.25, 0.3) is 0 Å². The molecule has 6 aliphatic carbocycles. The molecule has 218 valence electrons. The highest BCUT2D eigenvalue weighted by molar-refractivity contribution is 5.76. The van der Waals surface area contributed by atoms with E-state index in [1.54, 1.807) is 0 Å². The van der Waals surface area contributed by atoms with E-state index in [0.29, 0.717) is 6.42 Å². The molecule has 0 radical (unpaired) electrons. The third-order valence-electron chi connectivity index (χ3n) is 13.2. The first kappa shape index (κ1) is 27.0. The van der Waals surface area contributed by atoms with Gasteiger partial charge in [0.2, 0.25) is 0 Å². The summed E-state index contributed by atoms with van der Waals surface area (Å²) in [5.41, 5.74) is 0.579. The van der Waals surface area contributed by atoms with Crippen LogP contribution in [0.1, 0.15) is 103 Å². The summed E-state index contributed by atoms with van der Waals surface area (Å²) in [6.45, 7) is 4.10. The maximum atomic E-state index is 13.3. The summed E-state index contributed by atoms with van der Waals surface area (Å²) >= 11 is 0. The molecule has 0 amide bonds. The van der Waals surface area contributed by atoms with Crippen molar-refractivity contribution in [2.75, 3.05) is 0 Å². The maximum Gasteiger partial charge on any atom is 0.310 e. The van der Waals surface area contributed by atoms with E-state index in [9.17, 15) is 9.59 Å². The lowest BCUT2D eigenvalue weighted by molar-refractivity contribution is -0.196. The Morgan fingerprint density at radius 3 is 2.05 bits per heavy atom. The summed E-state index contributed by atoms with van der Waals surface area (Å²) < 4.78 is 12.0. The van der Waals surface area contributed by atoms with E-state index in [-0.39, 0.29) is 41.9 Å². The zero-order valence-corrected chi connectivity index (χ0v) is 24.8. The van der Waals surface area contributed by atoms with Crippen molar-refractivity contribution in [3.63, 3.8) is 0 Å². The lowest BCUT2D eigenvalue weighted by Gasteiger charge is -2.57. The summed E-state index contributed by atoms with van der Waals surface area (Å²) in [4.78, 5) is 25.8. The average Bonchev–Trinajstić information content (AvgIpc) is 3.44. The largest absolute Gasteiger partial charge is 0.462 e. The fourth-order valence-electron chi connectivity index (χ4n) is 11.1. The van der Waals surface area contributed by atoms with Gasteiger partial charge in [-0.2, -0.15) is 0 Å². The molecule has 6 aliphatic rings. The zero-order valence-electron chi connectivity index (χ0n) is 24.8. The number of benzene rings is 1. The molecule has 0 spiro atoms. The van der Waals surface area contributed by atoms with Gasteiger partial charge < -0.3 is 9.47 Å². The highest BCUT2D eigenvalue weighted by atomic mass is 16.6. The lowest BCUT2D eigenvalue weighted by Crippen LogP contribution is -2.55. The van der Waals surface area contributed by atoms with Crippen molar-refractivity contribution in [3.8, 4) is 0 Å². The number of ether oxygens (including phenoxy) is 2. The molecule has 11 atom stereocenters. The van der Waals surface area contributed by atoms with Crippen LogP contribution in [0.4, 0.5) is 0 Å². The van der Waals surface area contributed by atoms with Crippen LogP contribution in [-0.2, 0) is 25.5 Å². The summed E-state index contributed by atoms with van der Waals surface area (Å²) in [5.74, 6) is 7.26. The summed E-state index contributed by atoms with van der Waals surface area (Å²) in [6.07, 6.45) is 17.4. The Bertz CT molecular complexity index is 1080. The second kappa shape index (κ2) is 10.8. The van der Waals surface area contributed by atoms with Crippen molar-refractivity contribution < 1.29 is 19.1 Å². The van der Waals surface area contributed by atoms with Crippen LogP contribution in [0.5, 0.6) is 0 Å². The highest BCUT2D eigenvalue weighted by Crippen LogP contribution is 2.61. The topological polar surface area (TPSA) is 52.6 Å². The fourth-order valence-corrected chi connectivity index (χ4v) is 11.1. The molecule has 6 fully saturated rings. The Kier molecular flexibility index (Phi) is 7.28. The number of hydrogen-bond donors (Lipinski definition) is 0. The minimum Gasteiger partial charge on any atom is -0.462 e. The number of carbonyl (C=O) groups excluding carboxylic acids is 2. The van der Waals surface area contributed by atoms with Gasteiger partial charge in [-0.15, -0.1) is 0 Å². The normalized spacial score (nSPS) is 43.2. The predicted octanol–water partition coefficient (Wildman–Crippen LogP) is 7.78. The minimum absolute atomic E-state index is 0.0636. The van der Waals surface area contributed by atoms with Crippen molar-refractivity contribution in [2.24, 2.45) is 58.7 Å². The Morgan fingerprint density at radius 2 is 1.32 bits per heavy atom. The molecule has 0 N–H and O–H groups in total. The summed E-state index contributed by atoms with van der Waals surface area (Å²) in [6, 6.07) is 9.71. The van der Waals surface area contributed by atoms with Crippen molar-refractivity contribution in [1.29, 1.82) is 0 Å². The number of carbonyl (C=O) groups is 2. The molecular formula is C36H50O4. The fraction of sp³-hybridized carbons (Fsp3) is 0.778. The zero-order chi connectivity index (χ0) is 27.4. The van der Waals surface area contributed by atoms with E-state index in [1.165, 1.54) is 64.2 Å². The second-order valence-electron chi connectivity index (χ2n) is 15.3. The van der Waals surface area contributed by atoms with Gasteiger partial charge in [-0.3, -0.25) is 9.59 Å². The van der Waals surface area contributed by atoms with Crippen LogP contribution < -0.4 is 0 Å². The molecule has 0 heterocycles. The molecule has 9 unspecified atom stereocenters. The third-order valence-corrected chi connectivity index (χ3v) is 13.2. The SMILES string of the molecule is CC1(C)[C@@H](C(=O)OC2CCC3C(CCC4C3CCC3C5CCCC5CCC34)C2)C[C@H]1OC(=O)Cc1ccccc1. The van der Waals surface area contributed by atoms with Crippen LogP contribution in [0.3, 0.4) is 0 Å². The molecule has 40 heavy (non-hydrogen) atoms. The summed E-state index contributed by atoms with van der Waals surface area (Å²) in [7, 11) is 0. The van der Waals surface area contributed by atoms with E-state index in [1.807, 2.05) is 30.3 Å². The average molecular weight is 547 g/mol. The Balaban J connectivity index is 0.903. The van der Waals surface area contributed by atoms with Gasteiger partial charge >= 0.3 is 11.9 Å². The van der Waals surface area contributed by atoms with Gasteiger partial charge in [0.25, 0.3) is 0 Å². The number of hydrogen-bond acceptors (Lipinski definition) is 4. The minimum atomic E-state index is -0.379. The number of esters is 2. The Hall–Kier alpha value is -1.84. The monoisotopic (exact) mass is 546 g/mol. The second-order valence-corrected chi connectivity index (χ2v) is 15.3. The van der Waals surface area contributed by atoms with Crippen LogP contribution in [0, 0.1) is 58.7 Å². The molecule has 0 bridgehead atoms. The first-order valence-electron chi connectivity index (χ1n) is 16.8. The van der Waals surface area contributed by atoms with Crippen LogP contribution in [0.15, 0.2) is 30.3 Å². The van der Waals surface area contributed by atoms with Gasteiger partial charge in [-0.25, -0.2) is 0 Å². The molecular weight excluding hydrogens is 496 g/mol. The molecule has 1 aromatic rings.